The number of benzene rings is 1. The normalized spacial score (nSPS) is 16.1. The summed E-state index contributed by atoms with van der Waals surface area (Å²) >= 11 is 0. The molecule has 1 N–H and O–H groups in total. The van der Waals surface area contributed by atoms with Crippen LogP contribution in [0.3, 0.4) is 0 Å². The minimum atomic E-state index is -0.0103. The van der Waals surface area contributed by atoms with E-state index in [-0.39, 0.29) is 6.61 Å². The second kappa shape index (κ2) is 6.01. The zero-order chi connectivity index (χ0) is 15.6. The van der Waals surface area contributed by atoms with Gasteiger partial charge in [0.1, 0.15) is 0 Å². The minimum Gasteiger partial charge on any atom is -0.390 e. The van der Waals surface area contributed by atoms with Crippen LogP contribution in [0, 0.1) is 0 Å². The van der Waals surface area contributed by atoms with Crippen molar-refractivity contribution in [2.45, 2.75) is 25.5 Å². The van der Waals surface area contributed by atoms with Crippen molar-refractivity contribution in [3.05, 3.63) is 54.5 Å². The molecule has 1 aromatic carbocycles. The van der Waals surface area contributed by atoms with Crippen molar-refractivity contribution in [1.82, 2.24) is 14.8 Å². The number of aliphatic hydroxyl groups excluding tert-OH is 1. The van der Waals surface area contributed by atoms with Crippen LogP contribution in [0.4, 0.5) is 5.69 Å². The molecule has 0 bridgehead atoms. The van der Waals surface area contributed by atoms with Crippen LogP contribution >= 0.6 is 0 Å². The molecule has 3 aromatic rings. The Morgan fingerprint density at radius 3 is 2.78 bits per heavy atom. The van der Waals surface area contributed by atoms with Crippen molar-refractivity contribution in [3.8, 4) is 0 Å². The number of nitrogens with zero attached hydrogens (tertiary/aromatic N) is 4. The van der Waals surface area contributed by atoms with Gasteiger partial charge in [0, 0.05) is 30.4 Å². The Hall–Kier alpha value is -2.40. The number of piperidine rings is 1. The summed E-state index contributed by atoms with van der Waals surface area (Å²) < 4.78 is 2.18. The molecule has 1 saturated heterocycles. The number of pyridine rings is 1. The van der Waals surface area contributed by atoms with Gasteiger partial charge in [-0.2, -0.15) is 5.10 Å². The van der Waals surface area contributed by atoms with Gasteiger partial charge in [0.25, 0.3) is 0 Å². The highest BCUT2D eigenvalue weighted by Crippen LogP contribution is 2.28. The van der Waals surface area contributed by atoms with Gasteiger partial charge in [-0.1, -0.05) is 18.2 Å². The van der Waals surface area contributed by atoms with E-state index in [1.54, 1.807) is 6.20 Å². The summed E-state index contributed by atoms with van der Waals surface area (Å²) in [6, 6.07) is 12.8. The van der Waals surface area contributed by atoms with Crippen LogP contribution in [0.25, 0.3) is 10.9 Å². The molecule has 1 aliphatic heterocycles. The highest BCUT2D eigenvalue weighted by Gasteiger charge is 2.22. The van der Waals surface area contributed by atoms with Crippen LogP contribution in [-0.2, 0) is 6.61 Å². The lowest BCUT2D eigenvalue weighted by Gasteiger charge is -2.34. The van der Waals surface area contributed by atoms with Crippen LogP contribution in [0.5, 0.6) is 0 Å². The molecule has 118 valence electrons. The third kappa shape index (κ3) is 2.68. The summed E-state index contributed by atoms with van der Waals surface area (Å²) in [7, 11) is 0. The Labute approximate surface area is 135 Å². The van der Waals surface area contributed by atoms with Crippen molar-refractivity contribution in [2.75, 3.05) is 18.0 Å². The van der Waals surface area contributed by atoms with Gasteiger partial charge >= 0.3 is 0 Å². The Morgan fingerprint density at radius 2 is 1.96 bits per heavy atom. The van der Waals surface area contributed by atoms with Crippen molar-refractivity contribution >= 4 is 16.6 Å². The summed E-state index contributed by atoms with van der Waals surface area (Å²) in [5, 5.41) is 15.0. The number of anilines is 1. The van der Waals surface area contributed by atoms with Crippen LogP contribution in [0.2, 0.25) is 0 Å². The van der Waals surface area contributed by atoms with Crippen molar-refractivity contribution in [1.29, 1.82) is 0 Å². The van der Waals surface area contributed by atoms with Gasteiger partial charge in [0.2, 0.25) is 0 Å². The zero-order valence-electron chi connectivity index (χ0n) is 13.0. The van der Waals surface area contributed by atoms with Crippen molar-refractivity contribution in [3.63, 3.8) is 0 Å². The van der Waals surface area contributed by atoms with E-state index in [1.165, 1.54) is 10.9 Å². The molecule has 1 aliphatic rings. The molecule has 1 fully saturated rings. The maximum absolute atomic E-state index is 9.24. The molecule has 5 nitrogen and oxygen atoms in total. The molecule has 3 heterocycles. The van der Waals surface area contributed by atoms with Crippen LogP contribution < -0.4 is 4.90 Å². The van der Waals surface area contributed by atoms with Gasteiger partial charge in [-0.25, -0.2) is 0 Å². The molecule has 0 radical (unpaired) electrons. The summed E-state index contributed by atoms with van der Waals surface area (Å²) in [5.41, 5.74) is 3.09. The number of hydrogen-bond acceptors (Lipinski definition) is 4. The van der Waals surface area contributed by atoms with Crippen molar-refractivity contribution in [2.24, 2.45) is 0 Å². The molecule has 0 spiro atoms. The fourth-order valence-electron chi connectivity index (χ4n) is 3.40. The van der Waals surface area contributed by atoms with Crippen LogP contribution in [0.15, 0.2) is 48.8 Å². The largest absolute Gasteiger partial charge is 0.390 e. The standard InChI is InChI=1S/C18H20N4O/c23-13-15-11-17(5-8-19-15)21-9-6-16(7-10-21)22-18-4-2-1-3-14(18)12-20-22/h1-5,8,11-12,16,23H,6-7,9-10,13H2. The van der Waals surface area contributed by atoms with E-state index in [0.717, 1.165) is 37.3 Å². The average Bonchev–Trinajstić information content (AvgIpc) is 3.06. The maximum Gasteiger partial charge on any atom is 0.0853 e. The highest BCUT2D eigenvalue weighted by atomic mass is 16.3. The Morgan fingerprint density at radius 1 is 1.13 bits per heavy atom. The first-order chi connectivity index (χ1) is 11.3. The third-order valence-corrected chi connectivity index (χ3v) is 4.64. The quantitative estimate of drug-likeness (QED) is 0.808. The lowest BCUT2D eigenvalue weighted by Crippen LogP contribution is -2.35. The lowest BCUT2D eigenvalue weighted by molar-refractivity contribution is 0.277. The number of rotatable bonds is 3. The number of para-hydroxylation sites is 1. The number of aliphatic hydroxyl groups is 1. The summed E-state index contributed by atoms with van der Waals surface area (Å²) in [4.78, 5) is 6.52. The van der Waals surface area contributed by atoms with E-state index in [0.29, 0.717) is 6.04 Å². The Bertz CT molecular complexity index is 805. The molecule has 23 heavy (non-hydrogen) atoms. The first-order valence-electron chi connectivity index (χ1n) is 8.08. The fraction of sp³-hybridized carbons (Fsp3) is 0.333. The predicted molar refractivity (Wildman–Crippen MR) is 90.4 cm³/mol. The van der Waals surface area contributed by atoms with Crippen molar-refractivity contribution < 1.29 is 5.11 Å². The topological polar surface area (TPSA) is 54.2 Å². The Balaban J connectivity index is 1.50. The molecule has 5 heteroatoms. The summed E-state index contributed by atoms with van der Waals surface area (Å²) in [6.45, 7) is 1.98. The molecule has 0 aliphatic carbocycles. The van der Waals surface area contributed by atoms with Crippen LogP contribution in [-0.4, -0.2) is 33.0 Å². The van der Waals surface area contributed by atoms with E-state index in [9.17, 15) is 5.11 Å². The van der Waals surface area contributed by atoms with E-state index >= 15 is 0 Å². The summed E-state index contributed by atoms with van der Waals surface area (Å²) in [6.07, 6.45) is 5.87. The molecular weight excluding hydrogens is 288 g/mol. The molecular formula is C18H20N4O. The van der Waals surface area contributed by atoms with Gasteiger partial charge in [-0.3, -0.25) is 9.67 Å². The maximum atomic E-state index is 9.24. The minimum absolute atomic E-state index is 0.0103. The lowest BCUT2D eigenvalue weighted by atomic mass is 10.0. The van der Waals surface area contributed by atoms with Gasteiger partial charge in [0.15, 0.2) is 0 Å². The first-order valence-corrected chi connectivity index (χ1v) is 8.08. The van der Waals surface area contributed by atoms with Crippen LogP contribution in [0.1, 0.15) is 24.6 Å². The SMILES string of the molecule is OCc1cc(N2CCC(n3ncc4ccccc43)CC2)ccn1. The van der Waals surface area contributed by atoms with E-state index in [2.05, 4.69) is 43.9 Å². The molecule has 0 amide bonds. The smallest absolute Gasteiger partial charge is 0.0853 e. The first kappa shape index (κ1) is 14.2. The van der Waals surface area contributed by atoms with Gasteiger partial charge in [0.05, 0.1) is 30.1 Å². The molecule has 0 atom stereocenters. The third-order valence-electron chi connectivity index (χ3n) is 4.64. The molecule has 0 saturated carbocycles. The zero-order valence-corrected chi connectivity index (χ0v) is 13.0. The average molecular weight is 308 g/mol. The predicted octanol–water partition coefficient (Wildman–Crippen LogP) is 2.77. The summed E-state index contributed by atoms with van der Waals surface area (Å²) in [5.74, 6) is 0. The van der Waals surface area contributed by atoms with E-state index in [4.69, 9.17) is 0 Å². The molecule has 0 unspecified atom stereocenters. The number of aromatic nitrogens is 3. The molecule has 2 aromatic heterocycles. The fourth-order valence-corrected chi connectivity index (χ4v) is 3.40. The number of hydrogen-bond donors (Lipinski definition) is 1. The van der Waals surface area contributed by atoms with E-state index < -0.39 is 0 Å². The highest BCUT2D eigenvalue weighted by molar-refractivity contribution is 5.78. The second-order valence-electron chi connectivity index (χ2n) is 6.03. The van der Waals surface area contributed by atoms with Gasteiger partial charge in [-0.15, -0.1) is 0 Å². The van der Waals surface area contributed by atoms with Gasteiger partial charge < -0.3 is 10.0 Å². The number of fused-ring (bicyclic) bond motifs is 1. The molecule has 4 rings (SSSR count). The monoisotopic (exact) mass is 308 g/mol. The second-order valence-corrected chi connectivity index (χ2v) is 6.03. The van der Waals surface area contributed by atoms with Gasteiger partial charge in [-0.05, 0) is 31.0 Å². The Kier molecular flexibility index (Phi) is 3.71. The van der Waals surface area contributed by atoms with E-state index in [1.807, 2.05) is 18.3 Å².